The summed E-state index contributed by atoms with van der Waals surface area (Å²) in [7, 11) is 0. The number of rotatable bonds is 7. The van der Waals surface area contributed by atoms with Crippen molar-refractivity contribution < 1.29 is 42.1 Å². The van der Waals surface area contributed by atoms with Crippen molar-refractivity contribution in [3.63, 3.8) is 0 Å². The number of halogens is 3. The Labute approximate surface area is 231 Å². The molecule has 3 saturated heterocycles. The summed E-state index contributed by atoms with van der Waals surface area (Å²) in [6.45, 7) is 7.94. The molecule has 0 radical (unpaired) electrons. The number of carbonyl (C=O) groups is 2. The van der Waals surface area contributed by atoms with E-state index in [-0.39, 0.29) is 47.6 Å². The second-order valence-electron chi connectivity index (χ2n) is 12.1. The Bertz CT molecular complexity index is 1210. The summed E-state index contributed by atoms with van der Waals surface area (Å²) in [5.41, 5.74) is 0.197. The first kappa shape index (κ1) is 28.9. The van der Waals surface area contributed by atoms with Gasteiger partial charge in [0.25, 0.3) is 0 Å². The van der Waals surface area contributed by atoms with Crippen molar-refractivity contribution in [1.29, 1.82) is 0 Å². The van der Waals surface area contributed by atoms with Crippen LogP contribution in [0.5, 0.6) is 0 Å². The summed E-state index contributed by atoms with van der Waals surface area (Å²) in [5.74, 6) is 0.662. The highest BCUT2D eigenvalue weighted by molar-refractivity contribution is 5.89. The highest BCUT2D eigenvalue weighted by Crippen LogP contribution is 2.63. The molecule has 8 atom stereocenters. The number of fused-ring (bicyclic) bond motifs is 4. The summed E-state index contributed by atoms with van der Waals surface area (Å²) in [6, 6.07) is 5.14. The van der Waals surface area contributed by atoms with E-state index in [4.69, 9.17) is 20.6 Å². The topological polar surface area (TPSA) is 126 Å². The number of aliphatic hydroxyl groups is 1. The number of hydrogen-bond acceptors (Lipinski definition) is 8. The third kappa shape index (κ3) is 4.31. The Morgan fingerprint density at radius 3 is 2.40 bits per heavy atom. The van der Waals surface area contributed by atoms with E-state index in [2.05, 4.69) is 23.7 Å². The van der Waals surface area contributed by atoms with Gasteiger partial charge in [0.1, 0.15) is 23.4 Å². The molecular weight excluding hydrogens is 529 g/mol. The van der Waals surface area contributed by atoms with Gasteiger partial charge in [-0.2, -0.15) is 13.2 Å². The molecule has 3 heterocycles. The third-order valence-corrected chi connectivity index (χ3v) is 9.58. The van der Waals surface area contributed by atoms with E-state index in [1.165, 1.54) is 24.3 Å². The highest BCUT2D eigenvalue weighted by atomic mass is 19.4. The lowest BCUT2D eigenvalue weighted by Gasteiger charge is -2.53. The molecule has 1 aliphatic carbocycles. The molecule has 2 bridgehead atoms. The molecule has 0 amide bonds. The van der Waals surface area contributed by atoms with Crippen LogP contribution in [0.1, 0.15) is 69.3 Å². The number of esters is 2. The van der Waals surface area contributed by atoms with E-state index in [1.807, 2.05) is 20.8 Å². The lowest BCUT2D eigenvalue weighted by atomic mass is 9.69. The van der Waals surface area contributed by atoms with E-state index in [1.54, 1.807) is 0 Å². The maximum absolute atomic E-state index is 13.5. The second-order valence-corrected chi connectivity index (χ2v) is 12.1. The number of aliphatic hydroxyl groups excluding tert-OH is 1. The van der Waals surface area contributed by atoms with Crippen LogP contribution in [-0.2, 0) is 24.7 Å². The van der Waals surface area contributed by atoms with Gasteiger partial charge >= 0.3 is 18.1 Å². The average Bonchev–Trinajstić information content (AvgIpc) is 3.56. The maximum Gasteiger partial charge on any atom is 0.426 e. The van der Waals surface area contributed by atoms with Crippen molar-refractivity contribution in [3.8, 4) is 12.3 Å². The van der Waals surface area contributed by atoms with Gasteiger partial charge in [-0.25, -0.2) is 20.4 Å². The molecule has 218 valence electrons. The van der Waals surface area contributed by atoms with Crippen molar-refractivity contribution in [3.05, 3.63) is 35.4 Å². The smallest absolute Gasteiger partial charge is 0.426 e. The SMILES string of the molecule is C#CC[C@@H](O)C(=O)O[C@@H]1C[C@]2(C(C)C)O[C@@]1(C)[C@@H]1CC[C@@H](C)[C@H]1[C@@H]2OC(=O)c1ccc(C2(C(F)(F)F)NN2)cc1. The number of hydrogen-bond donors (Lipinski definition) is 3. The van der Waals surface area contributed by atoms with Gasteiger partial charge in [0.15, 0.2) is 6.10 Å². The molecule has 1 aromatic carbocycles. The van der Waals surface area contributed by atoms with E-state index in [0.717, 1.165) is 12.8 Å². The van der Waals surface area contributed by atoms with Gasteiger partial charge in [0.2, 0.25) is 5.66 Å². The standard InChI is InChI=1S/C29H35F3N2O6/c1-6-7-20(35)25(37)38-21-14-27(15(2)3)23(22-16(4)8-13-19(22)26(21,5)40-27)39-24(36)17-9-11-18(12-10-17)28(33-34-28)29(30,31)32/h1,9-12,15-16,19-23,33-35H,7-8,13-14H2,2-5H3/t16-,19-,20-,21-,22-,23+,26+,27-/m1/s1. The molecule has 8 nitrogen and oxygen atoms in total. The van der Waals surface area contributed by atoms with E-state index in [9.17, 15) is 27.9 Å². The van der Waals surface area contributed by atoms with Crippen LogP contribution in [-0.4, -0.2) is 52.7 Å². The zero-order valence-corrected chi connectivity index (χ0v) is 22.9. The first-order valence-electron chi connectivity index (χ1n) is 13.6. The number of ether oxygens (including phenoxy) is 3. The van der Waals surface area contributed by atoms with Gasteiger partial charge in [-0.1, -0.05) is 32.9 Å². The van der Waals surface area contributed by atoms with Crippen molar-refractivity contribution in [2.45, 2.75) is 94.7 Å². The van der Waals surface area contributed by atoms with Crippen LogP contribution in [0.2, 0.25) is 0 Å². The summed E-state index contributed by atoms with van der Waals surface area (Å²) in [6.07, 6.45) is -0.385. The molecule has 0 aromatic heterocycles. The zero-order chi connectivity index (χ0) is 29.3. The van der Waals surface area contributed by atoms with E-state index in [0.29, 0.717) is 0 Å². The van der Waals surface area contributed by atoms with Crippen LogP contribution >= 0.6 is 0 Å². The minimum Gasteiger partial charge on any atom is -0.457 e. The van der Waals surface area contributed by atoms with Crippen molar-refractivity contribution in [1.82, 2.24) is 10.9 Å². The fourth-order valence-electron chi connectivity index (χ4n) is 7.21. The number of hydrazine groups is 1. The Hall–Kier alpha value is -2.65. The summed E-state index contributed by atoms with van der Waals surface area (Å²) in [4.78, 5) is 26.1. The molecule has 1 aromatic rings. The van der Waals surface area contributed by atoms with Gasteiger partial charge in [-0.3, -0.25) is 0 Å². The minimum absolute atomic E-state index is 0.0658. The van der Waals surface area contributed by atoms with E-state index < -0.39 is 53.3 Å². The molecule has 40 heavy (non-hydrogen) atoms. The molecule has 4 fully saturated rings. The van der Waals surface area contributed by atoms with Crippen LogP contribution in [0.4, 0.5) is 13.2 Å². The summed E-state index contributed by atoms with van der Waals surface area (Å²) in [5, 5.41) is 10.1. The van der Waals surface area contributed by atoms with Crippen molar-refractivity contribution in [2.75, 3.05) is 0 Å². The Morgan fingerprint density at radius 2 is 1.85 bits per heavy atom. The number of benzene rings is 1. The van der Waals surface area contributed by atoms with Crippen LogP contribution in [0.3, 0.4) is 0 Å². The monoisotopic (exact) mass is 564 g/mol. The quantitative estimate of drug-likeness (QED) is 0.261. The molecule has 0 spiro atoms. The van der Waals surface area contributed by atoms with Crippen molar-refractivity contribution in [2.24, 2.45) is 23.7 Å². The Balaban J connectivity index is 1.43. The molecular formula is C29H35F3N2O6. The number of alkyl halides is 3. The summed E-state index contributed by atoms with van der Waals surface area (Å²) < 4.78 is 59.2. The molecule has 4 aliphatic rings. The van der Waals surface area contributed by atoms with Gasteiger partial charge in [-0.05, 0) is 55.2 Å². The Kier molecular flexibility index (Phi) is 7.02. The zero-order valence-electron chi connectivity index (χ0n) is 22.9. The normalized spacial score (nSPS) is 36.5. The minimum atomic E-state index is -4.56. The Morgan fingerprint density at radius 1 is 1.20 bits per heavy atom. The fraction of sp³-hybridized carbons (Fsp3) is 0.655. The average molecular weight is 565 g/mol. The molecule has 11 heteroatoms. The number of nitrogens with one attached hydrogen (secondary N) is 2. The lowest BCUT2D eigenvalue weighted by Crippen LogP contribution is -2.62. The third-order valence-electron chi connectivity index (χ3n) is 9.58. The fourth-order valence-corrected chi connectivity index (χ4v) is 7.21. The summed E-state index contributed by atoms with van der Waals surface area (Å²) >= 11 is 0. The van der Waals surface area contributed by atoms with Crippen LogP contribution in [0, 0.1) is 36.0 Å². The van der Waals surface area contributed by atoms with Crippen LogP contribution in [0.25, 0.3) is 0 Å². The maximum atomic E-state index is 13.5. The molecule has 3 N–H and O–H groups in total. The van der Waals surface area contributed by atoms with E-state index >= 15 is 0 Å². The predicted octanol–water partition coefficient (Wildman–Crippen LogP) is 3.58. The molecule has 3 aliphatic heterocycles. The lowest BCUT2D eigenvalue weighted by molar-refractivity contribution is -0.259. The van der Waals surface area contributed by atoms with Gasteiger partial charge in [0.05, 0.1) is 5.56 Å². The first-order chi connectivity index (χ1) is 18.7. The van der Waals surface area contributed by atoms with Crippen LogP contribution in [0.15, 0.2) is 24.3 Å². The molecule has 1 saturated carbocycles. The number of terminal acetylenes is 1. The second kappa shape index (κ2) is 9.72. The number of carbonyl (C=O) groups excluding carboxylic acids is 2. The molecule has 5 rings (SSSR count). The predicted molar refractivity (Wildman–Crippen MR) is 136 cm³/mol. The first-order valence-corrected chi connectivity index (χ1v) is 13.6. The van der Waals surface area contributed by atoms with Gasteiger partial charge < -0.3 is 19.3 Å². The van der Waals surface area contributed by atoms with Crippen LogP contribution < -0.4 is 10.9 Å². The largest absolute Gasteiger partial charge is 0.457 e. The van der Waals surface area contributed by atoms with Gasteiger partial charge in [-0.15, -0.1) is 12.3 Å². The van der Waals surface area contributed by atoms with Gasteiger partial charge in [0, 0.05) is 18.8 Å². The highest BCUT2D eigenvalue weighted by Gasteiger charge is 2.72. The van der Waals surface area contributed by atoms with Crippen molar-refractivity contribution >= 4 is 11.9 Å². The molecule has 0 unspecified atom stereocenters.